The standard InChI is InChI=1S/C12H13Br2NO4S/c1-20(17,18)6-2-5-15-12(16)8-19-11-4-3-9(13)7-10(11)14/h2-4,6-7H,5,8H2,1H3,(H,15,16)/b6-2+. The number of carbonyl (C=O) groups is 1. The van der Waals surface area contributed by atoms with E-state index < -0.39 is 9.84 Å². The van der Waals surface area contributed by atoms with E-state index in [9.17, 15) is 13.2 Å². The van der Waals surface area contributed by atoms with Crippen molar-refractivity contribution in [3.05, 3.63) is 38.6 Å². The molecule has 0 aliphatic heterocycles. The minimum absolute atomic E-state index is 0.136. The maximum Gasteiger partial charge on any atom is 0.258 e. The molecule has 0 aliphatic carbocycles. The third-order valence-electron chi connectivity index (χ3n) is 2.01. The summed E-state index contributed by atoms with van der Waals surface area (Å²) in [6, 6.07) is 5.33. The molecule has 0 spiro atoms. The van der Waals surface area contributed by atoms with Gasteiger partial charge < -0.3 is 10.1 Å². The van der Waals surface area contributed by atoms with Crippen LogP contribution in [0, 0.1) is 0 Å². The van der Waals surface area contributed by atoms with Crippen LogP contribution in [0.4, 0.5) is 0 Å². The molecule has 1 aromatic carbocycles. The zero-order valence-electron chi connectivity index (χ0n) is 10.6. The molecule has 0 unspecified atom stereocenters. The number of rotatable bonds is 6. The third kappa shape index (κ3) is 7.06. The van der Waals surface area contributed by atoms with Gasteiger partial charge in [0.05, 0.1) is 4.47 Å². The first-order valence-corrected chi connectivity index (χ1v) is 9.03. The predicted octanol–water partition coefficient (Wildman–Crippen LogP) is 2.26. The summed E-state index contributed by atoms with van der Waals surface area (Å²) >= 11 is 6.63. The van der Waals surface area contributed by atoms with Gasteiger partial charge in [0.15, 0.2) is 16.4 Å². The highest BCUT2D eigenvalue weighted by Gasteiger charge is 2.05. The Kier molecular flexibility index (Phi) is 6.70. The summed E-state index contributed by atoms with van der Waals surface area (Å²) in [5.74, 6) is 0.216. The lowest BCUT2D eigenvalue weighted by Crippen LogP contribution is -2.29. The molecule has 5 nitrogen and oxygen atoms in total. The smallest absolute Gasteiger partial charge is 0.258 e. The monoisotopic (exact) mass is 425 g/mol. The fourth-order valence-corrected chi connectivity index (χ4v) is 2.79. The second kappa shape index (κ2) is 7.80. The van der Waals surface area contributed by atoms with Crippen LogP contribution >= 0.6 is 31.9 Å². The number of carbonyl (C=O) groups excluding carboxylic acids is 1. The molecule has 8 heteroatoms. The van der Waals surface area contributed by atoms with Crippen LogP contribution in [0.3, 0.4) is 0 Å². The van der Waals surface area contributed by atoms with Gasteiger partial charge in [-0.3, -0.25) is 4.79 Å². The van der Waals surface area contributed by atoms with E-state index in [1.165, 1.54) is 6.08 Å². The molecule has 0 aliphatic rings. The van der Waals surface area contributed by atoms with Gasteiger partial charge in [0.1, 0.15) is 5.75 Å². The van der Waals surface area contributed by atoms with Gasteiger partial charge in [-0.1, -0.05) is 22.0 Å². The minimum atomic E-state index is -3.16. The summed E-state index contributed by atoms with van der Waals surface area (Å²) in [5.41, 5.74) is 0. The van der Waals surface area contributed by atoms with Crippen LogP contribution in [0.5, 0.6) is 5.75 Å². The minimum Gasteiger partial charge on any atom is -0.483 e. The molecule has 0 bridgehead atoms. The quantitative estimate of drug-likeness (QED) is 0.757. The molecule has 1 aromatic rings. The van der Waals surface area contributed by atoms with Crippen molar-refractivity contribution in [1.82, 2.24) is 5.32 Å². The number of hydrogen-bond donors (Lipinski definition) is 1. The van der Waals surface area contributed by atoms with Gasteiger partial charge in [-0.2, -0.15) is 0 Å². The van der Waals surface area contributed by atoms with Gasteiger partial charge in [-0.05, 0) is 34.1 Å². The average molecular weight is 427 g/mol. The zero-order valence-corrected chi connectivity index (χ0v) is 14.6. The number of hydrogen-bond acceptors (Lipinski definition) is 4. The summed E-state index contributed by atoms with van der Waals surface area (Å²) in [6.45, 7) is -0.0102. The lowest BCUT2D eigenvalue weighted by Gasteiger charge is -2.08. The molecule has 0 atom stereocenters. The van der Waals surface area contributed by atoms with Crippen molar-refractivity contribution in [2.75, 3.05) is 19.4 Å². The molecule has 20 heavy (non-hydrogen) atoms. The second-order valence-electron chi connectivity index (χ2n) is 3.87. The predicted molar refractivity (Wildman–Crippen MR) is 84.3 cm³/mol. The fraction of sp³-hybridized carbons (Fsp3) is 0.250. The highest BCUT2D eigenvalue weighted by Crippen LogP contribution is 2.27. The van der Waals surface area contributed by atoms with Crippen LogP contribution in [0.2, 0.25) is 0 Å². The number of halogens is 2. The van der Waals surface area contributed by atoms with E-state index in [1.54, 1.807) is 12.1 Å². The molecule has 0 aromatic heterocycles. The maximum atomic E-state index is 11.5. The Labute approximate surface area is 134 Å². The van der Waals surface area contributed by atoms with Crippen LogP contribution in [0.15, 0.2) is 38.6 Å². The van der Waals surface area contributed by atoms with Crippen molar-refractivity contribution in [3.8, 4) is 5.75 Å². The first kappa shape index (κ1) is 17.2. The topological polar surface area (TPSA) is 72.5 Å². The van der Waals surface area contributed by atoms with Crippen LogP contribution in [-0.4, -0.2) is 33.7 Å². The molecule has 1 amide bonds. The molecule has 0 heterocycles. The average Bonchev–Trinajstić information content (AvgIpc) is 2.32. The molecular weight excluding hydrogens is 414 g/mol. The Morgan fingerprint density at radius 2 is 2.10 bits per heavy atom. The third-order valence-corrected chi connectivity index (χ3v) is 3.81. The van der Waals surface area contributed by atoms with Crippen molar-refractivity contribution in [2.45, 2.75) is 0 Å². The molecule has 1 rings (SSSR count). The van der Waals surface area contributed by atoms with Crippen molar-refractivity contribution >= 4 is 47.6 Å². The van der Waals surface area contributed by atoms with Gasteiger partial charge in [-0.25, -0.2) is 8.42 Å². The van der Waals surface area contributed by atoms with E-state index in [4.69, 9.17) is 4.74 Å². The van der Waals surface area contributed by atoms with Gasteiger partial charge >= 0.3 is 0 Å². The number of ether oxygens (including phenoxy) is 1. The summed E-state index contributed by atoms with van der Waals surface area (Å²) in [5, 5.41) is 3.56. The van der Waals surface area contributed by atoms with Gasteiger partial charge in [0.2, 0.25) is 0 Å². The highest BCUT2D eigenvalue weighted by atomic mass is 79.9. The lowest BCUT2D eigenvalue weighted by molar-refractivity contribution is -0.122. The summed E-state index contributed by atoms with van der Waals surface area (Å²) in [6.07, 6.45) is 2.45. The fourth-order valence-electron chi connectivity index (χ4n) is 1.18. The normalized spacial score (nSPS) is 11.6. The molecule has 0 fully saturated rings. The molecule has 110 valence electrons. The van der Waals surface area contributed by atoms with Crippen molar-refractivity contribution < 1.29 is 17.9 Å². The Bertz CT molecular complexity index is 614. The molecule has 1 N–H and O–H groups in total. The van der Waals surface area contributed by atoms with E-state index in [-0.39, 0.29) is 19.1 Å². The van der Waals surface area contributed by atoms with Crippen LogP contribution in [0.25, 0.3) is 0 Å². The Hall–Kier alpha value is -0.860. The Morgan fingerprint density at radius 1 is 1.40 bits per heavy atom. The second-order valence-corrected chi connectivity index (χ2v) is 7.57. The Morgan fingerprint density at radius 3 is 2.70 bits per heavy atom. The molecule has 0 radical (unpaired) electrons. The summed E-state index contributed by atoms with van der Waals surface area (Å²) in [4.78, 5) is 11.5. The van der Waals surface area contributed by atoms with E-state index >= 15 is 0 Å². The van der Waals surface area contributed by atoms with E-state index in [0.29, 0.717) is 5.75 Å². The SMILES string of the molecule is CS(=O)(=O)/C=C/CNC(=O)COc1ccc(Br)cc1Br. The van der Waals surface area contributed by atoms with Gasteiger partial charge in [0, 0.05) is 22.7 Å². The van der Waals surface area contributed by atoms with E-state index in [1.807, 2.05) is 6.07 Å². The lowest BCUT2D eigenvalue weighted by atomic mass is 10.3. The summed E-state index contributed by atoms with van der Waals surface area (Å²) in [7, 11) is -3.16. The maximum absolute atomic E-state index is 11.5. The van der Waals surface area contributed by atoms with Gasteiger partial charge in [0.25, 0.3) is 5.91 Å². The van der Waals surface area contributed by atoms with E-state index in [0.717, 1.165) is 20.6 Å². The Balaban J connectivity index is 2.38. The first-order chi connectivity index (χ1) is 9.28. The molecule has 0 saturated carbocycles. The van der Waals surface area contributed by atoms with Gasteiger partial charge in [-0.15, -0.1) is 0 Å². The largest absolute Gasteiger partial charge is 0.483 e. The van der Waals surface area contributed by atoms with E-state index in [2.05, 4.69) is 37.2 Å². The van der Waals surface area contributed by atoms with Crippen LogP contribution in [-0.2, 0) is 14.6 Å². The van der Waals surface area contributed by atoms with Crippen molar-refractivity contribution in [1.29, 1.82) is 0 Å². The number of sulfone groups is 1. The first-order valence-electron chi connectivity index (χ1n) is 5.49. The zero-order chi connectivity index (χ0) is 15.2. The number of amides is 1. The van der Waals surface area contributed by atoms with Crippen LogP contribution < -0.4 is 10.1 Å². The highest BCUT2D eigenvalue weighted by molar-refractivity contribution is 9.11. The molecule has 0 saturated heterocycles. The number of nitrogens with one attached hydrogen (secondary N) is 1. The van der Waals surface area contributed by atoms with Crippen molar-refractivity contribution in [2.24, 2.45) is 0 Å². The van der Waals surface area contributed by atoms with Crippen LogP contribution in [0.1, 0.15) is 0 Å². The number of benzene rings is 1. The summed E-state index contributed by atoms with van der Waals surface area (Å²) < 4.78 is 28.6. The molecular formula is C12H13Br2NO4S. The van der Waals surface area contributed by atoms with Crippen molar-refractivity contribution in [3.63, 3.8) is 0 Å².